The molecule has 0 saturated carbocycles. The van der Waals surface area contributed by atoms with Gasteiger partial charge >= 0.3 is 10.4 Å². The van der Waals surface area contributed by atoms with E-state index < -0.39 is 10.4 Å². The highest BCUT2D eigenvalue weighted by atomic mass is 32.3. The first-order valence-electron chi connectivity index (χ1n) is 7.10. The van der Waals surface area contributed by atoms with Gasteiger partial charge in [-0.15, -0.1) is 0 Å². The summed E-state index contributed by atoms with van der Waals surface area (Å²) < 4.78 is 37.5. The van der Waals surface area contributed by atoms with Gasteiger partial charge in [0.1, 0.15) is 11.9 Å². The molecule has 8 heteroatoms. The molecule has 2 aliphatic rings. The molecule has 0 aliphatic carbocycles. The summed E-state index contributed by atoms with van der Waals surface area (Å²) in [6.07, 6.45) is 2.16. The average Bonchev–Trinajstić information content (AvgIpc) is 2.98. The van der Waals surface area contributed by atoms with E-state index in [1.807, 2.05) is 0 Å². The normalized spacial score (nSPS) is 20.3. The van der Waals surface area contributed by atoms with Crippen molar-refractivity contribution in [2.45, 2.75) is 25.9 Å². The molecule has 0 saturated heterocycles. The quantitative estimate of drug-likeness (QED) is 0.704. The number of hydrogen-bond acceptors (Lipinski definition) is 5. The van der Waals surface area contributed by atoms with Crippen LogP contribution in [-0.4, -0.2) is 43.1 Å². The predicted octanol–water partition coefficient (Wildman–Crippen LogP) is 1.21. The second kappa shape index (κ2) is 7.19. The predicted molar refractivity (Wildman–Crippen MR) is 82.7 cm³/mol. The summed E-state index contributed by atoms with van der Waals surface area (Å²) in [5, 5.41) is 3.33. The van der Waals surface area contributed by atoms with Crippen molar-refractivity contribution in [2.24, 2.45) is 4.99 Å². The van der Waals surface area contributed by atoms with Gasteiger partial charge in [-0.05, 0) is 29.5 Å². The molecule has 0 spiro atoms. The van der Waals surface area contributed by atoms with Crippen molar-refractivity contribution >= 4 is 16.2 Å². The van der Waals surface area contributed by atoms with Crippen LogP contribution in [0.5, 0.6) is 0 Å². The summed E-state index contributed by atoms with van der Waals surface area (Å²) in [7, 11) is -4.67. The first-order valence-corrected chi connectivity index (χ1v) is 8.50. The molecule has 1 aromatic carbocycles. The third-order valence-electron chi connectivity index (χ3n) is 3.56. The molecule has 0 amide bonds. The molecule has 3 N–H and O–H groups in total. The topological polar surface area (TPSA) is 108 Å². The molecule has 0 radical (unpaired) electrons. The van der Waals surface area contributed by atoms with E-state index in [-0.39, 0.29) is 6.10 Å². The van der Waals surface area contributed by atoms with Crippen LogP contribution in [0.3, 0.4) is 0 Å². The molecule has 1 unspecified atom stereocenters. The van der Waals surface area contributed by atoms with Crippen LogP contribution in [0.2, 0.25) is 0 Å². The summed E-state index contributed by atoms with van der Waals surface area (Å²) in [5.74, 6) is 1.01. The Hall–Kier alpha value is -1.48. The van der Waals surface area contributed by atoms with Crippen LogP contribution < -0.4 is 5.32 Å². The molecule has 2 heterocycles. The lowest BCUT2D eigenvalue weighted by Gasteiger charge is -2.27. The van der Waals surface area contributed by atoms with Crippen LogP contribution in [0, 0.1) is 0 Å². The molecule has 0 bridgehead atoms. The van der Waals surface area contributed by atoms with Crippen molar-refractivity contribution in [1.82, 2.24) is 5.32 Å². The number of ether oxygens (including phenoxy) is 1. The SMILES string of the molecule is CCc1cccc2c1CCOC2C1=NCCN1.O=S(=O)(O)O. The third-order valence-corrected chi connectivity index (χ3v) is 3.56. The standard InChI is InChI=1S/C14H18N2O.H2O4S/c1-2-10-4-3-5-12-11(10)6-9-17-13(12)14-15-7-8-16-14;1-5(2,3)4/h3-5,13H,2,6-9H2,1H3,(H,15,16);(H2,1,2,3,4). The van der Waals surface area contributed by atoms with E-state index in [9.17, 15) is 0 Å². The number of benzene rings is 1. The van der Waals surface area contributed by atoms with Crippen molar-refractivity contribution in [2.75, 3.05) is 19.7 Å². The number of amidine groups is 1. The smallest absolute Gasteiger partial charge is 0.369 e. The van der Waals surface area contributed by atoms with E-state index >= 15 is 0 Å². The number of hydrogen-bond donors (Lipinski definition) is 3. The minimum Gasteiger partial charge on any atom is -0.369 e. The van der Waals surface area contributed by atoms with Gasteiger partial charge in [0.15, 0.2) is 0 Å². The maximum atomic E-state index is 8.74. The summed E-state index contributed by atoms with van der Waals surface area (Å²) in [4.78, 5) is 4.49. The van der Waals surface area contributed by atoms with Crippen molar-refractivity contribution in [3.8, 4) is 0 Å². The minimum absolute atomic E-state index is 0.0350. The summed E-state index contributed by atoms with van der Waals surface area (Å²) in [6.45, 7) is 4.83. The maximum absolute atomic E-state index is 8.74. The van der Waals surface area contributed by atoms with Crippen LogP contribution in [0.1, 0.15) is 29.7 Å². The van der Waals surface area contributed by atoms with Gasteiger partial charge in [-0.1, -0.05) is 25.1 Å². The maximum Gasteiger partial charge on any atom is 0.394 e. The first-order chi connectivity index (χ1) is 10.4. The van der Waals surface area contributed by atoms with E-state index in [2.05, 4.69) is 35.4 Å². The van der Waals surface area contributed by atoms with Gasteiger partial charge in [0.25, 0.3) is 0 Å². The molecular weight excluding hydrogens is 308 g/mol. The fourth-order valence-corrected chi connectivity index (χ4v) is 2.72. The summed E-state index contributed by atoms with van der Waals surface area (Å²) >= 11 is 0. The van der Waals surface area contributed by atoms with Crippen LogP contribution >= 0.6 is 0 Å². The van der Waals surface area contributed by atoms with Gasteiger partial charge in [0.2, 0.25) is 0 Å². The Balaban J connectivity index is 0.000000309. The minimum atomic E-state index is -4.67. The molecule has 7 nitrogen and oxygen atoms in total. The number of rotatable bonds is 2. The van der Waals surface area contributed by atoms with Gasteiger partial charge in [0, 0.05) is 6.54 Å². The van der Waals surface area contributed by atoms with E-state index in [1.165, 1.54) is 16.7 Å². The van der Waals surface area contributed by atoms with Crippen LogP contribution in [0.25, 0.3) is 0 Å². The number of nitrogens with one attached hydrogen (secondary N) is 1. The van der Waals surface area contributed by atoms with Gasteiger partial charge in [-0.3, -0.25) is 14.1 Å². The Kier molecular flexibility index (Phi) is 5.52. The van der Waals surface area contributed by atoms with Crippen molar-refractivity contribution < 1.29 is 22.3 Å². The van der Waals surface area contributed by atoms with E-state index in [1.54, 1.807) is 0 Å². The molecule has 1 atom stereocenters. The Bertz CT molecular complexity index is 649. The summed E-state index contributed by atoms with van der Waals surface area (Å²) in [5.41, 5.74) is 4.24. The van der Waals surface area contributed by atoms with E-state index in [0.717, 1.165) is 38.4 Å². The molecule has 0 aromatic heterocycles. The number of aliphatic imine (C=N–C) groups is 1. The van der Waals surface area contributed by atoms with Gasteiger partial charge in [-0.2, -0.15) is 8.42 Å². The fourth-order valence-electron chi connectivity index (χ4n) is 2.72. The highest BCUT2D eigenvalue weighted by Crippen LogP contribution is 2.30. The van der Waals surface area contributed by atoms with Crippen LogP contribution in [-0.2, 0) is 28.0 Å². The average molecular weight is 328 g/mol. The molecule has 2 aliphatic heterocycles. The number of nitrogens with zero attached hydrogens (tertiary/aromatic N) is 1. The lowest BCUT2D eigenvalue weighted by Crippen LogP contribution is -2.31. The lowest BCUT2D eigenvalue weighted by molar-refractivity contribution is 0.0857. The first kappa shape index (κ1) is 16.9. The Morgan fingerprint density at radius 3 is 2.73 bits per heavy atom. The third kappa shape index (κ3) is 4.51. The highest BCUT2D eigenvalue weighted by Gasteiger charge is 2.27. The number of fused-ring (bicyclic) bond motifs is 1. The molecule has 122 valence electrons. The molecule has 22 heavy (non-hydrogen) atoms. The van der Waals surface area contributed by atoms with Gasteiger partial charge in [0.05, 0.1) is 13.2 Å². The molecular formula is C14H20N2O5S. The Morgan fingerprint density at radius 1 is 1.41 bits per heavy atom. The van der Waals surface area contributed by atoms with Crippen LogP contribution in [0.15, 0.2) is 23.2 Å². The van der Waals surface area contributed by atoms with Gasteiger partial charge in [-0.25, -0.2) is 0 Å². The second-order valence-electron chi connectivity index (χ2n) is 4.98. The Labute approximate surface area is 130 Å². The van der Waals surface area contributed by atoms with Crippen molar-refractivity contribution in [3.63, 3.8) is 0 Å². The van der Waals surface area contributed by atoms with E-state index in [0.29, 0.717) is 0 Å². The van der Waals surface area contributed by atoms with Gasteiger partial charge < -0.3 is 10.1 Å². The molecule has 1 aromatic rings. The Morgan fingerprint density at radius 2 is 2.14 bits per heavy atom. The largest absolute Gasteiger partial charge is 0.394 e. The highest BCUT2D eigenvalue weighted by molar-refractivity contribution is 7.79. The zero-order valence-corrected chi connectivity index (χ0v) is 13.1. The van der Waals surface area contributed by atoms with E-state index in [4.69, 9.17) is 22.3 Å². The van der Waals surface area contributed by atoms with Crippen molar-refractivity contribution in [3.05, 3.63) is 34.9 Å². The number of aryl methyl sites for hydroxylation is 1. The lowest BCUT2D eigenvalue weighted by atomic mass is 9.91. The van der Waals surface area contributed by atoms with Crippen LogP contribution in [0.4, 0.5) is 0 Å². The molecule has 0 fully saturated rings. The van der Waals surface area contributed by atoms with Crippen molar-refractivity contribution in [1.29, 1.82) is 0 Å². The zero-order valence-electron chi connectivity index (χ0n) is 12.3. The fraction of sp³-hybridized carbons (Fsp3) is 0.500. The summed E-state index contributed by atoms with van der Waals surface area (Å²) in [6, 6.07) is 6.54. The molecule has 3 rings (SSSR count). The zero-order chi connectivity index (χ0) is 16.2. The monoisotopic (exact) mass is 328 g/mol. The second-order valence-corrected chi connectivity index (χ2v) is 5.88.